The second-order valence-electron chi connectivity index (χ2n) is 5.65. The van der Waals surface area contributed by atoms with Gasteiger partial charge in [0.2, 0.25) is 5.82 Å². The Morgan fingerprint density at radius 1 is 1.42 bits per heavy atom. The van der Waals surface area contributed by atoms with E-state index in [1.807, 2.05) is 6.92 Å². The Hall–Kier alpha value is -1.59. The molecule has 0 spiro atoms. The molecule has 0 atom stereocenters. The Balaban J connectivity index is 3.02. The van der Waals surface area contributed by atoms with Crippen molar-refractivity contribution in [3.8, 4) is 0 Å². The van der Waals surface area contributed by atoms with E-state index in [1.165, 1.54) is 0 Å². The van der Waals surface area contributed by atoms with E-state index in [9.17, 15) is 10.1 Å². The molecule has 0 radical (unpaired) electrons. The van der Waals surface area contributed by atoms with Gasteiger partial charge < -0.3 is 5.32 Å². The molecule has 0 unspecified atom stereocenters. The summed E-state index contributed by atoms with van der Waals surface area (Å²) < 4.78 is 1.58. The van der Waals surface area contributed by atoms with Crippen molar-refractivity contribution in [2.24, 2.45) is 12.5 Å². The van der Waals surface area contributed by atoms with Gasteiger partial charge >= 0.3 is 5.69 Å². The van der Waals surface area contributed by atoms with E-state index in [2.05, 4.69) is 31.2 Å². The lowest BCUT2D eigenvalue weighted by Gasteiger charge is -2.23. The lowest BCUT2D eigenvalue weighted by Crippen LogP contribution is -2.23. The van der Waals surface area contributed by atoms with Crippen LogP contribution in [0.2, 0.25) is 0 Å². The van der Waals surface area contributed by atoms with E-state index in [-0.39, 0.29) is 16.0 Å². The van der Waals surface area contributed by atoms with Gasteiger partial charge in [0.1, 0.15) is 5.69 Å². The molecule has 0 saturated carbocycles. The molecule has 1 heterocycles. The normalized spacial score (nSPS) is 11.6. The van der Waals surface area contributed by atoms with Crippen LogP contribution in [0, 0.1) is 15.5 Å². The van der Waals surface area contributed by atoms with Crippen LogP contribution >= 0.6 is 0 Å². The SMILES string of the molecule is CCCc1nn(C)c(NCC(C)(C)CC)c1[N+](=O)[O-]. The van der Waals surface area contributed by atoms with Crippen LogP contribution in [0.15, 0.2) is 0 Å². The maximum atomic E-state index is 11.2. The summed E-state index contributed by atoms with van der Waals surface area (Å²) in [6, 6.07) is 0. The Bertz CT molecular complexity index is 452. The number of rotatable bonds is 7. The number of hydrogen-bond acceptors (Lipinski definition) is 4. The maximum absolute atomic E-state index is 11.2. The first-order chi connectivity index (χ1) is 8.82. The molecule has 6 nitrogen and oxygen atoms in total. The van der Waals surface area contributed by atoms with E-state index < -0.39 is 0 Å². The molecule has 0 amide bonds. The second kappa shape index (κ2) is 6.04. The van der Waals surface area contributed by atoms with Crippen LogP contribution in [-0.4, -0.2) is 21.2 Å². The van der Waals surface area contributed by atoms with Crippen molar-refractivity contribution in [2.75, 3.05) is 11.9 Å². The van der Waals surface area contributed by atoms with Crippen LogP contribution in [0.1, 0.15) is 46.2 Å². The summed E-state index contributed by atoms with van der Waals surface area (Å²) in [7, 11) is 1.74. The third-order valence-corrected chi connectivity index (χ3v) is 3.45. The van der Waals surface area contributed by atoms with Gasteiger partial charge in [0.25, 0.3) is 0 Å². The van der Waals surface area contributed by atoms with E-state index in [1.54, 1.807) is 11.7 Å². The first-order valence-corrected chi connectivity index (χ1v) is 6.76. The number of hydrogen-bond donors (Lipinski definition) is 1. The quantitative estimate of drug-likeness (QED) is 0.609. The Morgan fingerprint density at radius 3 is 2.53 bits per heavy atom. The van der Waals surface area contributed by atoms with Crippen molar-refractivity contribution < 1.29 is 4.92 Å². The van der Waals surface area contributed by atoms with Crippen LogP contribution < -0.4 is 5.32 Å². The van der Waals surface area contributed by atoms with Gasteiger partial charge in [0.15, 0.2) is 0 Å². The van der Waals surface area contributed by atoms with Gasteiger partial charge in [0, 0.05) is 13.6 Å². The van der Waals surface area contributed by atoms with E-state index in [0.717, 1.165) is 12.8 Å². The van der Waals surface area contributed by atoms with E-state index in [4.69, 9.17) is 0 Å². The molecule has 1 aromatic rings. The highest BCUT2D eigenvalue weighted by Crippen LogP contribution is 2.30. The number of anilines is 1. The largest absolute Gasteiger partial charge is 0.364 e. The molecule has 0 fully saturated rings. The first kappa shape index (κ1) is 15.5. The molecule has 0 saturated heterocycles. The summed E-state index contributed by atoms with van der Waals surface area (Å²) in [6.07, 6.45) is 2.48. The molecule has 0 aliphatic carbocycles. The molecule has 1 rings (SSSR count). The molecule has 0 aliphatic rings. The number of nitrogens with one attached hydrogen (secondary N) is 1. The first-order valence-electron chi connectivity index (χ1n) is 6.76. The lowest BCUT2D eigenvalue weighted by atomic mass is 9.90. The monoisotopic (exact) mass is 268 g/mol. The highest BCUT2D eigenvalue weighted by Gasteiger charge is 2.27. The van der Waals surface area contributed by atoms with Crippen LogP contribution in [-0.2, 0) is 13.5 Å². The summed E-state index contributed by atoms with van der Waals surface area (Å²) in [6.45, 7) is 9.06. The average molecular weight is 268 g/mol. The highest BCUT2D eigenvalue weighted by molar-refractivity contribution is 5.59. The van der Waals surface area contributed by atoms with Crippen molar-refractivity contribution in [3.05, 3.63) is 15.8 Å². The summed E-state index contributed by atoms with van der Waals surface area (Å²) in [5, 5.41) is 18.7. The van der Waals surface area contributed by atoms with Gasteiger partial charge in [-0.2, -0.15) is 5.10 Å². The van der Waals surface area contributed by atoms with Crippen molar-refractivity contribution in [1.29, 1.82) is 0 Å². The second-order valence-corrected chi connectivity index (χ2v) is 5.65. The minimum atomic E-state index is -0.334. The zero-order valence-corrected chi connectivity index (χ0v) is 12.5. The van der Waals surface area contributed by atoms with Crippen molar-refractivity contribution >= 4 is 11.5 Å². The maximum Gasteiger partial charge on any atom is 0.333 e. The Morgan fingerprint density at radius 2 is 2.05 bits per heavy atom. The number of nitrogens with zero attached hydrogens (tertiary/aromatic N) is 3. The molecule has 6 heteroatoms. The fourth-order valence-corrected chi connectivity index (χ4v) is 1.81. The summed E-state index contributed by atoms with van der Waals surface area (Å²) in [5.74, 6) is 0.509. The third kappa shape index (κ3) is 3.68. The van der Waals surface area contributed by atoms with Gasteiger partial charge in [-0.1, -0.05) is 34.1 Å². The standard InChI is InChI=1S/C13H24N4O2/c1-6-8-10-11(17(18)19)12(16(5)15-10)14-9-13(3,4)7-2/h14H,6-9H2,1-5H3. The molecule has 108 valence electrons. The average Bonchev–Trinajstić information content (AvgIpc) is 2.63. The molecular formula is C13H24N4O2. The fraction of sp³-hybridized carbons (Fsp3) is 0.769. The van der Waals surface area contributed by atoms with Crippen LogP contribution in [0.5, 0.6) is 0 Å². The molecule has 19 heavy (non-hydrogen) atoms. The topological polar surface area (TPSA) is 73.0 Å². The van der Waals surface area contributed by atoms with Crippen LogP contribution in [0.25, 0.3) is 0 Å². The van der Waals surface area contributed by atoms with E-state index in [0.29, 0.717) is 24.5 Å². The summed E-state index contributed by atoms with van der Waals surface area (Å²) in [5.41, 5.74) is 0.784. The molecule has 1 aromatic heterocycles. The Kier molecular flexibility index (Phi) is 4.91. The van der Waals surface area contributed by atoms with Gasteiger partial charge in [-0.3, -0.25) is 10.1 Å². The van der Waals surface area contributed by atoms with Gasteiger partial charge in [-0.15, -0.1) is 0 Å². The fourth-order valence-electron chi connectivity index (χ4n) is 1.81. The van der Waals surface area contributed by atoms with Crippen LogP contribution in [0.3, 0.4) is 0 Å². The highest BCUT2D eigenvalue weighted by atomic mass is 16.6. The van der Waals surface area contributed by atoms with Crippen molar-refractivity contribution in [2.45, 2.75) is 47.0 Å². The van der Waals surface area contributed by atoms with Gasteiger partial charge in [-0.05, 0) is 18.3 Å². The Labute approximate surface area is 114 Å². The number of nitro groups is 1. The molecular weight excluding hydrogens is 244 g/mol. The summed E-state index contributed by atoms with van der Waals surface area (Å²) >= 11 is 0. The van der Waals surface area contributed by atoms with Gasteiger partial charge in [-0.25, -0.2) is 4.68 Å². The van der Waals surface area contributed by atoms with Crippen LogP contribution in [0.4, 0.5) is 11.5 Å². The number of aryl methyl sites for hydroxylation is 2. The minimum absolute atomic E-state index is 0.100. The zero-order chi connectivity index (χ0) is 14.6. The summed E-state index contributed by atoms with van der Waals surface area (Å²) in [4.78, 5) is 10.9. The minimum Gasteiger partial charge on any atom is -0.364 e. The number of aromatic nitrogens is 2. The lowest BCUT2D eigenvalue weighted by molar-refractivity contribution is -0.384. The molecule has 0 aromatic carbocycles. The van der Waals surface area contributed by atoms with Crippen molar-refractivity contribution in [1.82, 2.24) is 9.78 Å². The molecule has 1 N–H and O–H groups in total. The van der Waals surface area contributed by atoms with E-state index >= 15 is 0 Å². The third-order valence-electron chi connectivity index (χ3n) is 3.45. The smallest absolute Gasteiger partial charge is 0.333 e. The van der Waals surface area contributed by atoms with Gasteiger partial charge in [0.05, 0.1) is 4.92 Å². The predicted octanol–water partition coefficient (Wildman–Crippen LogP) is 3.13. The predicted molar refractivity (Wildman–Crippen MR) is 76.4 cm³/mol. The van der Waals surface area contributed by atoms with Crippen molar-refractivity contribution in [3.63, 3.8) is 0 Å². The molecule has 0 bridgehead atoms. The zero-order valence-electron chi connectivity index (χ0n) is 12.5. The molecule has 0 aliphatic heterocycles.